The van der Waals surface area contributed by atoms with E-state index in [0.29, 0.717) is 27.6 Å². The summed E-state index contributed by atoms with van der Waals surface area (Å²) < 4.78 is 11.0. The Morgan fingerprint density at radius 1 is 1.00 bits per heavy atom. The zero-order chi connectivity index (χ0) is 24.7. The first-order chi connectivity index (χ1) is 16.3. The van der Waals surface area contributed by atoms with E-state index in [2.05, 4.69) is 15.8 Å². The van der Waals surface area contributed by atoms with Crippen LogP contribution in [0.15, 0.2) is 59.7 Å². The third kappa shape index (κ3) is 6.73. The number of anilines is 1. The van der Waals surface area contributed by atoms with Crippen LogP contribution in [0.3, 0.4) is 0 Å². The Bertz CT molecular complexity index is 1230. The van der Waals surface area contributed by atoms with E-state index in [4.69, 9.17) is 32.7 Å². The molecule has 7 nitrogen and oxygen atoms in total. The van der Waals surface area contributed by atoms with Gasteiger partial charge in [0.25, 0.3) is 11.8 Å². The molecule has 0 aliphatic carbocycles. The summed E-state index contributed by atoms with van der Waals surface area (Å²) in [5, 5.41) is 7.49. The summed E-state index contributed by atoms with van der Waals surface area (Å²) in [7, 11) is 1.46. The number of benzene rings is 3. The Morgan fingerprint density at radius 3 is 2.41 bits per heavy atom. The molecule has 2 amide bonds. The Morgan fingerprint density at radius 2 is 1.74 bits per heavy atom. The second-order valence-corrected chi connectivity index (χ2v) is 8.22. The number of rotatable bonds is 8. The lowest BCUT2D eigenvalue weighted by Crippen LogP contribution is -2.20. The van der Waals surface area contributed by atoms with Crippen molar-refractivity contribution in [2.24, 2.45) is 5.10 Å². The molecule has 0 aliphatic rings. The maximum atomic E-state index is 12.3. The van der Waals surface area contributed by atoms with Gasteiger partial charge >= 0.3 is 0 Å². The lowest BCUT2D eigenvalue weighted by Gasteiger charge is -2.13. The number of halogens is 2. The van der Waals surface area contributed by atoms with Crippen LogP contribution in [-0.2, 0) is 4.79 Å². The predicted molar refractivity (Wildman–Crippen MR) is 135 cm³/mol. The van der Waals surface area contributed by atoms with Crippen LogP contribution in [0.5, 0.6) is 11.5 Å². The Labute approximate surface area is 207 Å². The Kier molecular flexibility index (Phi) is 8.51. The van der Waals surface area contributed by atoms with Crippen molar-refractivity contribution in [1.29, 1.82) is 0 Å². The van der Waals surface area contributed by atoms with Gasteiger partial charge < -0.3 is 14.8 Å². The van der Waals surface area contributed by atoms with Crippen molar-refractivity contribution < 1.29 is 19.1 Å². The minimum Gasteiger partial charge on any atom is -0.493 e. The summed E-state index contributed by atoms with van der Waals surface area (Å²) >= 11 is 12.2. The number of amides is 2. The predicted octanol–water partition coefficient (Wildman–Crippen LogP) is 5.40. The summed E-state index contributed by atoms with van der Waals surface area (Å²) in [6, 6.07) is 15.3. The van der Waals surface area contributed by atoms with E-state index in [0.717, 1.165) is 11.1 Å². The first kappa shape index (κ1) is 25.1. The van der Waals surface area contributed by atoms with E-state index in [1.807, 2.05) is 32.0 Å². The fourth-order valence-corrected chi connectivity index (χ4v) is 3.34. The molecule has 34 heavy (non-hydrogen) atoms. The highest BCUT2D eigenvalue weighted by atomic mass is 35.5. The molecule has 0 aromatic heterocycles. The van der Waals surface area contributed by atoms with Crippen molar-refractivity contribution in [3.05, 3.63) is 86.9 Å². The smallest absolute Gasteiger partial charge is 0.271 e. The van der Waals surface area contributed by atoms with Crippen LogP contribution < -0.4 is 20.2 Å². The molecule has 9 heteroatoms. The number of hydrazone groups is 1. The number of nitrogens with zero attached hydrogens (tertiary/aromatic N) is 1. The summed E-state index contributed by atoms with van der Waals surface area (Å²) in [4.78, 5) is 24.4. The number of aryl methyl sites for hydroxylation is 2. The van der Waals surface area contributed by atoms with Crippen molar-refractivity contribution in [3.8, 4) is 11.5 Å². The van der Waals surface area contributed by atoms with Gasteiger partial charge in [0, 0.05) is 16.3 Å². The van der Waals surface area contributed by atoms with Gasteiger partial charge in [-0.15, -0.1) is 0 Å². The van der Waals surface area contributed by atoms with Crippen molar-refractivity contribution in [2.45, 2.75) is 13.8 Å². The molecule has 0 fully saturated rings. The van der Waals surface area contributed by atoms with Gasteiger partial charge in [0.05, 0.1) is 18.3 Å². The van der Waals surface area contributed by atoms with Crippen LogP contribution in [0.2, 0.25) is 10.0 Å². The number of carbonyl (C=O) groups is 2. The minimum absolute atomic E-state index is 0.224. The molecule has 0 radical (unpaired) electrons. The highest BCUT2D eigenvalue weighted by molar-refractivity contribution is 6.32. The number of carbonyl (C=O) groups excluding carboxylic acids is 2. The van der Waals surface area contributed by atoms with E-state index in [1.54, 1.807) is 36.4 Å². The standard InChI is InChI=1S/C25H23Cl2N3O4/c1-15-4-9-20(10-16(15)2)29-23(31)14-34-24-21(27)11-17(12-22(24)33-3)13-28-30-25(32)18-5-7-19(26)8-6-18/h4-13H,14H2,1-3H3,(H,29,31)(H,30,32)/b28-13+. The molecule has 0 atom stereocenters. The number of nitrogens with one attached hydrogen (secondary N) is 2. The molecule has 0 saturated heterocycles. The maximum Gasteiger partial charge on any atom is 0.271 e. The molecule has 0 heterocycles. The topological polar surface area (TPSA) is 89.0 Å². The summed E-state index contributed by atoms with van der Waals surface area (Å²) in [6.07, 6.45) is 1.42. The molecule has 0 unspecified atom stereocenters. The second-order valence-electron chi connectivity index (χ2n) is 7.38. The molecular formula is C25H23Cl2N3O4. The van der Waals surface area contributed by atoms with Crippen LogP contribution in [0.4, 0.5) is 5.69 Å². The highest BCUT2D eigenvalue weighted by Crippen LogP contribution is 2.36. The molecule has 0 aliphatic heterocycles. The third-order valence-corrected chi connectivity index (χ3v) is 5.41. The molecule has 176 valence electrons. The molecular weight excluding hydrogens is 477 g/mol. The minimum atomic E-state index is -0.388. The lowest BCUT2D eigenvalue weighted by atomic mass is 10.1. The van der Waals surface area contributed by atoms with Crippen LogP contribution in [-0.4, -0.2) is 31.7 Å². The van der Waals surface area contributed by atoms with E-state index in [9.17, 15) is 9.59 Å². The van der Waals surface area contributed by atoms with E-state index < -0.39 is 0 Å². The SMILES string of the molecule is COc1cc(/C=N/NC(=O)c2ccc(Cl)cc2)cc(Cl)c1OCC(=O)Nc1ccc(C)c(C)c1. The van der Waals surface area contributed by atoms with Crippen LogP contribution in [0.25, 0.3) is 0 Å². The molecule has 3 rings (SSSR count). The van der Waals surface area contributed by atoms with Gasteiger partial charge in [-0.1, -0.05) is 29.3 Å². The fourth-order valence-electron chi connectivity index (χ4n) is 2.94. The normalized spacial score (nSPS) is 10.7. The monoisotopic (exact) mass is 499 g/mol. The summed E-state index contributed by atoms with van der Waals surface area (Å²) in [5.74, 6) is -0.184. The van der Waals surface area contributed by atoms with Crippen LogP contribution in [0.1, 0.15) is 27.0 Å². The second kappa shape index (κ2) is 11.5. The van der Waals surface area contributed by atoms with E-state index >= 15 is 0 Å². The molecule has 0 saturated carbocycles. The zero-order valence-electron chi connectivity index (χ0n) is 18.8. The summed E-state index contributed by atoms with van der Waals surface area (Å²) in [5.41, 5.74) is 6.30. The fraction of sp³-hybridized carbons (Fsp3) is 0.160. The van der Waals surface area contributed by atoms with Crippen molar-refractivity contribution in [1.82, 2.24) is 5.43 Å². The molecule has 3 aromatic carbocycles. The van der Waals surface area contributed by atoms with Gasteiger partial charge in [0.2, 0.25) is 0 Å². The summed E-state index contributed by atoms with van der Waals surface area (Å²) in [6.45, 7) is 3.72. The largest absolute Gasteiger partial charge is 0.493 e. The number of methoxy groups -OCH3 is 1. The number of hydrogen-bond acceptors (Lipinski definition) is 5. The third-order valence-electron chi connectivity index (χ3n) is 4.88. The van der Waals surface area contributed by atoms with Gasteiger partial charge in [-0.25, -0.2) is 5.43 Å². The first-order valence-electron chi connectivity index (χ1n) is 10.2. The van der Waals surface area contributed by atoms with Crippen molar-refractivity contribution >= 4 is 46.9 Å². The zero-order valence-corrected chi connectivity index (χ0v) is 20.3. The average Bonchev–Trinajstić information content (AvgIpc) is 2.80. The van der Waals surface area contributed by atoms with Crippen LogP contribution in [0, 0.1) is 13.8 Å². The Balaban J connectivity index is 1.62. The highest BCUT2D eigenvalue weighted by Gasteiger charge is 2.14. The van der Waals surface area contributed by atoms with Gasteiger partial charge in [-0.3, -0.25) is 9.59 Å². The van der Waals surface area contributed by atoms with Gasteiger partial charge in [-0.2, -0.15) is 5.10 Å². The molecule has 0 bridgehead atoms. The lowest BCUT2D eigenvalue weighted by molar-refractivity contribution is -0.118. The van der Waals surface area contributed by atoms with E-state index in [1.165, 1.54) is 13.3 Å². The average molecular weight is 500 g/mol. The molecule has 0 spiro atoms. The Hall–Kier alpha value is -3.55. The molecule has 2 N–H and O–H groups in total. The quantitative estimate of drug-likeness (QED) is 0.320. The van der Waals surface area contributed by atoms with Crippen molar-refractivity contribution in [3.63, 3.8) is 0 Å². The van der Waals surface area contributed by atoms with Gasteiger partial charge in [-0.05, 0) is 79.1 Å². The van der Waals surface area contributed by atoms with Crippen molar-refractivity contribution in [2.75, 3.05) is 19.0 Å². The molecule has 3 aromatic rings. The van der Waals surface area contributed by atoms with Gasteiger partial charge in [0.15, 0.2) is 18.1 Å². The van der Waals surface area contributed by atoms with E-state index in [-0.39, 0.29) is 29.2 Å². The number of hydrogen-bond donors (Lipinski definition) is 2. The first-order valence-corrected chi connectivity index (χ1v) is 11.0. The maximum absolute atomic E-state index is 12.3. The number of ether oxygens (including phenoxy) is 2. The van der Waals surface area contributed by atoms with Crippen LogP contribution >= 0.6 is 23.2 Å². The van der Waals surface area contributed by atoms with Gasteiger partial charge in [0.1, 0.15) is 0 Å².